The highest BCUT2D eigenvalue weighted by atomic mass is 19.1. The SMILES string of the molecule is CC(C)(C)c1ccc(Oc2ncc(F)cn2)cc1. The van der Waals surface area contributed by atoms with Gasteiger partial charge in [-0.1, -0.05) is 32.9 Å². The van der Waals surface area contributed by atoms with Gasteiger partial charge in [0.1, 0.15) is 5.75 Å². The summed E-state index contributed by atoms with van der Waals surface area (Å²) in [6.07, 6.45) is 2.15. The van der Waals surface area contributed by atoms with Gasteiger partial charge >= 0.3 is 6.01 Å². The standard InChI is InChI=1S/C14H15FN2O/c1-14(2,3)10-4-6-12(7-5-10)18-13-16-8-11(15)9-17-13/h4-9H,1-3H3. The van der Waals surface area contributed by atoms with Crippen LogP contribution in [0.15, 0.2) is 36.7 Å². The van der Waals surface area contributed by atoms with Crippen molar-refractivity contribution in [2.75, 3.05) is 0 Å². The van der Waals surface area contributed by atoms with Crippen LogP contribution < -0.4 is 4.74 Å². The third kappa shape index (κ3) is 3.03. The van der Waals surface area contributed by atoms with Gasteiger partial charge in [0.15, 0.2) is 5.82 Å². The molecule has 3 nitrogen and oxygen atoms in total. The molecule has 1 aromatic heterocycles. The van der Waals surface area contributed by atoms with E-state index in [1.165, 1.54) is 5.56 Å². The van der Waals surface area contributed by atoms with Crippen molar-refractivity contribution in [3.8, 4) is 11.8 Å². The van der Waals surface area contributed by atoms with Crippen molar-refractivity contribution < 1.29 is 9.13 Å². The van der Waals surface area contributed by atoms with Gasteiger partial charge in [0.05, 0.1) is 12.4 Å². The molecule has 0 aliphatic carbocycles. The summed E-state index contributed by atoms with van der Waals surface area (Å²) in [6.45, 7) is 6.43. The Kier molecular flexibility index (Phi) is 3.28. The number of rotatable bonds is 2. The van der Waals surface area contributed by atoms with E-state index in [-0.39, 0.29) is 11.4 Å². The molecular formula is C14H15FN2O. The molecule has 18 heavy (non-hydrogen) atoms. The van der Waals surface area contributed by atoms with Crippen molar-refractivity contribution in [1.29, 1.82) is 0 Å². The van der Waals surface area contributed by atoms with E-state index in [1.54, 1.807) is 0 Å². The Balaban J connectivity index is 2.13. The first kappa shape index (κ1) is 12.5. The maximum absolute atomic E-state index is 12.6. The quantitative estimate of drug-likeness (QED) is 0.810. The van der Waals surface area contributed by atoms with Crippen molar-refractivity contribution in [1.82, 2.24) is 9.97 Å². The van der Waals surface area contributed by atoms with Crippen LogP contribution in [0.4, 0.5) is 4.39 Å². The van der Waals surface area contributed by atoms with Crippen LogP contribution in [0.25, 0.3) is 0 Å². The average molecular weight is 246 g/mol. The molecule has 0 spiro atoms. The maximum Gasteiger partial charge on any atom is 0.322 e. The first-order valence-electron chi connectivity index (χ1n) is 5.71. The number of aromatic nitrogens is 2. The third-order valence-electron chi connectivity index (χ3n) is 2.53. The maximum atomic E-state index is 12.6. The highest BCUT2D eigenvalue weighted by molar-refractivity contribution is 5.32. The number of nitrogens with zero attached hydrogens (tertiary/aromatic N) is 2. The fraction of sp³-hybridized carbons (Fsp3) is 0.286. The number of ether oxygens (including phenoxy) is 1. The lowest BCUT2D eigenvalue weighted by molar-refractivity contribution is 0.435. The van der Waals surface area contributed by atoms with Gasteiger partial charge < -0.3 is 4.74 Å². The molecule has 0 amide bonds. The highest BCUT2D eigenvalue weighted by Gasteiger charge is 2.13. The molecule has 4 heteroatoms. The van der Waals surface area contributed by atoms with Gasteiger partial charge in [-0.05, 0) is 23.1 Å². The molecule has 0 aliphatic rings. The predicted octanol–water partition coefficient (Wildman–Crippen LogP) is 3.71. The fourth-order valence-electron chi connectivity index (χ4n) is 1.48. The molecule has 0 aliphatic heterocycles. The normalized spacial score (nSPS) is 11.3. The Hall–Kier alpha value is -1.97. The van der Waals surface area contributed by atoms with E-state index >= 15 is 0 Å². The fourth-order valence-corrected chi connectivity index (χ4v) is 1.48. The molecule has 0 fully saturated rings. The van der Waals surface area contributed by atoms with E-state index in [0.29, 0.717) is 5.75 Å². The minimum atomic E-state index is -0.481. The Morgan fingerprint density at radius 1 is 1.00 bits per heavy atom. The van der Waals surface area contributed by atoms with Crippen molar-refractivity contribution in [2.45, 2.75) is 26.2 Å². The molecule has 94 valence electrons. The Morgan fingerprint density at radius 3 is 2.06 bits per heavy atom. The van der Waals surface area contributed by atoms with Crippen LogP contribution in [0.5, 0.6) is 11.8 Å². The summed E-state index contributed by atoms with van der Waals surface area (Å²) in [5, 5.41) is 0. The molecule has 2 aromatic rings. The largest absolute Gasteiger partial charge is 0.424 e. The third-order valence-corrected chi connectivity index (χ3v) is 2.53. The molecule has 0 atom stereocenters. The van der Waals surface area contributed by atoms with Crippen molar-refractivity contribution in [3.05, 3.63) is 48.0 Å². The monoisotopic (exact) mass is 246 g/mol. The van der Waals surface area contributed by atoms with Crippen LogP contribution in [-0.4, -0.2) is 9.97 Å². The first-order valence-corrected chi connectivity index (χ1v) is 5.71. The van der Waals surface area contributed by atoms with Crippen molar-refractivity contribution >= 4 is 0 Å². The Morgan fingerprint density at radius 2 is 1.56 bits per heavy atom. The Labute approximate surface area is 106 Å². The van der Waals surface area contributed by atoms with Crippen LogP contribution in [0.3, 0.4) is 0 Å². The van der Waals surface area contributed by atoms with Crippen LogP contribution in [0.1, 0.15) is 26.3 Å². The molecule has 1 heterocycles. The smallest absolute Gasteiger partial charge is 0.322 e. The summed E-state index contributed by atoms with van der Waals surface area (Å²) >= 11 is 0. The summed E-state index contributed by atoms with van der Waals surface area (Å²) < 4.78 is 18.0. The van der Waals surface area contributed by atoms with Gasteiger partial charge in [0, 0.05) is 0 Å². The Bertz CT molecular complexity index is 515. The van der Waals surface area contributed by atoms with Crippen molar-refractivity contribution in [3.63, 3.8) is 0 Å². The van der Waals surface area contributed by atoms with E-state index in [2.05, 4.69) is 30.7 Å². The van der Waals surface area contributed by atoms with Crippen LogP contribution in [0.2, 0.25) is 0 Å². The number of hydrogen-bond donors (Lipinski definition) is 0. The molecule has 0 saturated heterocycles. The summed E-state index contributed by atoms with van der Waals surface area (Å²) in [6, 6.07) is 7.85. The molecule has 0 unspecified atom stereocenters. The van der Waals surface area contributed by atoms with Gasteiger partial charge in [-0.3, -0.25) is 0 Å². The highest BCUT2D eigenvalue weighted by Crippen LogP contribution is 2.25. The van der Waals surface area contributed by atoms with Gasteiger partial charge in [-0.15, -0.1) is 0 Å². The van der Waals surface area contributed by atoms with E-state index in [4.69, 9.17) is 4.74 Å². The van der Waals surface area contributed by atoms with Gasteiger partial charge in [0.25, 0.3) is 0 Å². The minimum Gasteiger partial charge on any atom is -0.424 e. The lowest BCUT2D eigenvalue weighted by Crippen LogP contribution is -2.10. The van der Waals surface area contributed by atoms with E-state index in [9.17, 15) is 4.39 Å². The molecule has 0 saturated carbocycles. The lowest BCUT2D eigenvalue weighted by atomic mass is 9.87. The molecule has 0 radical (unpaired) electrons. The average Bonchev–Trinajstić information content (AvgIpc) is 2.32. The molecule has 0 N–H and O–H groups in total. The molecule has 2 rings (SSSR count). The predicted molar refractivity (Wildman–Crippen MR) is 67.2 cm³/mol. The second kappa shape index (κ2) is 4.72. The molecular weight excluding hydrogens is 231 g/mol. The summed E-state index contributed by atoms with van der Waals surface area (Å²) in [5.41, 5.74) is 1.32. The van der Waals surface area contributed by atoms with Gasteiger partial charge in [-0.2, -0.15) is 0 Å². The zero-order chi connectivity index (χ0) is 13.2. The number of benzene rings is 1. The van der Waals surface area contributed by atoms with Gasteiger partial charge in [-0.25, -0.2) is 14.4 Å². The van der Waals surface area contributed by atoms with E-state index < -0.39 is 5.82 Å². The van der Waals surface area contributed by atoms with Gasteiger partial charge in [0.2, 0.25) is 0 Å². The lowest BCUT2D eigenvalue weighted by Gasteiger charge is -2.18. The summed E-state index contributed by atoms with van der Waals surface area (Å²) in [7, 11) is 0. The van der Waals surface area contributed by atoms with Crippen molar-refractivity contribution in [2.24, 2.45) is 0 Å². The van der Waals surface area contributed by atoms with Crippen LogP contribution in [0, 0.1) is 5.82 Å². The molecule has 1 aromatic carbocycles. The number of halogens is 1. The first-order chi connectivity index (χ1) is 8.45. The topological polar surface area (TPSA) is 35.0 Å². The summed E-state index contributed by atoms with van der Waals surface area (Å²) in [5.74, 6) is 0.153. The number of hydrogen-bond acceptors (Lipinski definition) is 3. The molecule has 0 bridgehead atoms. The zero-order valence-corrected chi connectivity index (χ0v) is 10.6. The van der Waals surface area contributed by atoms with Crippen LogP contribution >= 0.6 is 0 Å². The second-order valence-electron chi connectivity index (χ2n) is 5.06. The minimum absolute atomic E-state index is 0.102. The zero-order valence-electron chi connectivity index (χ0n) is 10.6. The van der Waals surface area contributed by atoms with E-state index in [1.807, 2.05) is 24.3 Å². The summed E-state index contributed by atoms with van der Waals surface area (Å²) in [4.78, 5) is 7.47. The van der Waals surface area contributed by atoms with Crippen LogP contribution in [-0.2, 0) is 5.41 Å². The second-order valence-corrected chi connectivity index (χ2v) is 5.06. The van der Waals surface area contributed by atoms with E-state index in [0.717, 1.165) is 12.4 Å².